The second-order valence-electron chi connectivity index (χ2n) is 32.5. The largest absolute Gasteiger partial charge is 0.455 e. The molecular formula is C111H69N9OS. The van der Waals surface area contributed by atoms with Gasteiger partial charge in [0.1, 0.15) is 11.2 Å². The molecule has 8 aromatic heterocycles. The summed E-state index contributed by atoms with van der Waals surface area (Å²) >= 11 is 1.86. The van der Waals surface area contributed by atoms with Gasteiger partial charge in [0.2, 0.25) is 0 Å². The van der Waals surface area contributed by atoms with Gasteiger partial charge >= 0.3 is 0 Å². The van der Waals surface area contributed by atoms with Crippen LogP contribution in [0.4, 0.5) is 0 Å². The number of thiophene rings is 1. The number of rotatable bonds is 6. The number of furan rings is 1. The van der Waals surface area contributed by atoms with Gasteiger partial charge in [-0.15, -0.1) is 11.3 Å². The molecule has 0 fully saturated rings. The Bertz CT molecular complexity index is 8580. The van der Waals surface area contributed by atoms with Gasteiger partial charge in [0.05, 0.1) is 87.3 Å². The maximum absolute atomic E-state index is 6.40. The number of fused-ring (bicyclic) bond motifs is 24. The molecule has 26 aromatic rings. The van der Waals surface area contributed by atoms with Crippen LogP contribution >= 0.6 is 11.3 Å². The summed E-state index contributed by atoms with van der Waals surface area (Å²) in [4.78, 5) is 0. The molecule has 11 heteroatoms. The maximum Gasteiger partial charge on any atom is 0.143 e. The summed E-state index contributed by atoms with van der Waals surface area (Å²) in [5.41, 5.74) is 24.5. The zero-order valence-electron chi connectivity index (χ0n) is 66.2. The van der Waals surface area contributed by atoms with E-state index >= 15 is 0 Å². The Morgan fingerprint density at radius 2 is 0.590 bits per heavy atom. The van der Waals surface area contributed by atoms with Gasteiger partial charge in [-0.25, -0.2) is 0 Å². The predicted octanol–water partition coefficient (Wildman–Crippen LogP) is 29.2. The van der Waals surface area contributed by atoms with Crippen molar-refractivity contribution in [2.45, 2.75) is 19.3 Å². The van der Waals surface area contributed by atoms with Crippen LogP contribution in [0, 0.1) is 0 Å². The van der Waals surface area contributed by atoms with E-state index in [-0.39, 0.29) is 5.41 Å². The van der Waals surface area contributed by atoms with Crippen LogP contribution in [0.5, 0.6) is 0 Å². The first-order chi connectivity index (χ1) is 60.3. The highest BCUT2D eigenvalue weighted by Gasteiger charge is 2.37. The molecule has 570 valence electrons. The molecule has 1 aliphatic carbocycles. The Hall–Kier alpha value is -15.8. The molecule has 0 atom stereocenters. The number of para-hydroxylation sites is 5. The fourth-order valence-corrected chi connectivity index (χ4v) is 21.4. The van der Waals surface area contributed by atoms with E-state index in [1.165, 1.54) is 157 Å². The standard InChI is InChI=1S/C39H27N3.C36H21N3O.C36H21N3S/c1-39(2)33-15-7-5-13-29(33)38-28(14-9-16-34(38)39)26-18-19-36(32-23-41-40-22-31(26)32)42-35-17-8-6-12-27(35)30-20-24-10-3-4-11-25(24)21-37(30)42;2*1-2-9-23-19-34-29(18-22(23)8-1)25-10-3-5-14-32(25)39(34)33-17-16-24(30-20-37-38-21-31(30)33)27-12-7-13-28-26-11-4-6-15-35(26)40-36(27)28/h3-23H,1-2H3;2*1-21H. The molecule has 1 aliphatic rings. The van der Waals surface area contributed by atoms with Crippen molar-refractivity contribution in [3.63, 3.8) is 0 Å². The third-order valence-corrected chi connectivity index (χ3v) is 27.0. The van der Waals surface area contributed by atoms with Gasteiger partial charge in [-0.3, -0.25) is 0 Å². The zero-order chi connectivity index (χ0) is 80.4. The first kappa shape index (κ1) is 69.3. The second kappa shape index (κ2) is 27.1. The van der Waals surface area contributed by atoms with Crippen molar-refractivity contribution in [2.24, 2.45) is 0 Å². The van der Waals surface area contributed by atoms with Crippen LogP contribution in [-0.4, -0.2) is 44.3 Å². The monoisotopic (exact) mass is 1580 g/mol. The number of aromatic nitrogens is 9. The molecule has 18 aromatic carbocycles. The normalized spacial score (nSPS) is 12.6. The van der Waals surface area contributed by atoms with Gasteiger partial charge < -0.3 is 18.1 Å². The summed E-state index contributed by atoms with van der Waals surface area (Å²) in [6.07, 6.45) is 11.5. The Morgan fingerprint density at radius 3 is 1.10 bits per heavy atom. The number of nitrogens with zero attached hydrogens (tertiary/aromatic N) is 9. The summed E-state index contributed by atoms with van der Waals surface area (Å²) in [6, 6.07) is 125. The SMILES string of the molecule is CC1(C)c2ccccc2-c2c(-c3ccc(-n4c5ccccc5c5cc6ccccc6cc54)c4cnncc34)cccc21.c1ccc2cc3c(cc2c1)c1ccccc1n3-c1ccc(-c2cccc3c2oc2ccccc23)c2cnncc12.c1ccc2cc3c(cc2c1)c1ccccc1n3-c1ccc(-c2cccc3c2sc2ccccc23)c2cnncc12. The van der Waals surface area contributed by atoms with Gasteiger partial charge in [0.15, 0.2) is 0 Å². The van der Waals surface area contributed by atoms with Crippen molar-refractivity contribution in [1.29, 1.82) is 0 Å². The lowest BCUT2D eigenvalue weighted by Crippen LogP contribution is -2.14. The molecule has 0 saturated carbocycles. The first-order valence-electron chi connectivity index (χ1n) is 41.3. The highest BCUT2D eigenvalue weighted by atomic mass is 32.1. The maximum atomic E-state index is 6.40. The quantitative estimate of drug-likeness (QED) is 0.163. The molecular weight excluding hydrogens is 1510 g/mol. The van der Waals surface area contributed by atoms with E-state index in [4.69, 9.17) is 4.42 Å². The van der Waals surface area contributed by atoms with Gasteiger partial charge in [0.25, 0.3) is 0 Å². The van der Waals surface area contributed by atoms with Crippen molar-refractivity contribution >= 4 is 183 Å². The summed E-state index contributed by atoms with van der Waals surface area (Å²) in [7, 11) is 0. The van der Waals surface area contributed by atoms with E-state index in [0.29, 0.717) is 0 Å². The molecule has 0 radical (unpaired) electrons. The van der Waals surface area contributed by atoms with Crippen molar-refractivity contribution in [2.75, 3.05) is 0 Å². The van der Waals surface area contributed by atoms with E-state index in [2.05, 4.69) is 392 Å². The topological polar surface area (TPSA) is 105 Å². The van der Waals surface area contributed by atoms with Gasteiger partial charge in [-0.1, -0.05) is 275 Å². The molecule has 0 saturated heterocycles. The Labute approximate surface area is 702 Å². The minimum Gasteiger partial charge on any atom is -0.455 e. The molecule has 0 N–H and O–H groups in total. The van der Waals surface area contributed by atoms with E-state index in [9.17, 15) is 0 Å². The average Bonchev–Trinajstić information content (AvgIpc) is 1.56. The minimum absolute atomic E-state index is 0.0523. The lowest BCUT2D eigenvalue weighted by Gasteiger charge is -2.22. The molecule has 8 heterocycles. The summed E-state index contributed by atoms with van der Waals surface area (Å²) in [5, 5.41) is 52.3. The van der Waals surface area contributed by atoms with Crippen molar-refractivity contribution in [1.82, 2.24) is 44.3 Å². The lowest BCUT2D eigenvalue weighted by molar-refractivity contribution is 0.660. The van der Waals surface area contributed by atoms with Crippen LogP contribution in [0.2, 0.25) is 0 Å². The first-order valence-corrected chi connectivity index (χ1v) is 42.2. The summed E-state index contributed by atoms with van der Waals surface area (Å²) in [5.74, 6) is 0. The Balaban J connectivity index is 0.000000101. The molecule has 10 nitrogen and oxygen atoms in total. The van der Waals surface area contributed by atoms with Gasteiger partial charge in [-0.2, -0.15) is 30.6 Å². The molecule has 0 amide bonds. The highest BCUT2D eigenvalue weighted by Crippen LogP contribution is 2.54. The molecule has 0 spiro atoms. The highest BCUT2D eigenvalue weighted by molar-refractivity contribution is 7.26. The molecule has 0 unspecified atom stereocenters. The van der Waals surface area contributed by atoms with Crippen LogP contribution in [0.15, 0.2) is 387 Å². The minimum atomic E-state index is -0.0523. The predicted molar refractivity (Wildman–Crippen MR) is 508 cm³/mol. The van der Waals surface area contributed by atoms with Crippen molar-refractivity contribution in [3.8, 4) is 61.6 Å². The zero-order valence-corrected chi connectivity index (χ0v) is 67.0. The Morgan fingerprint density at radius 1 is 0.238 bits per heavy atom. The summed E-state index contributed by atoms with van der Waals surface area (Å²) < 4.78 is 16.2. The lowest BCUT2D eigenvalue weighted by atomic mass is 9.82. The third kappa shape index (κ3) is 10.5. The van der Waals surface area contributed by atoms with E-state index in [1.807, 2.05) is 60.7 Å². The van der Waals surface area contributed by atoms with Gasteiger partial charge in [-0.05, 0) is 162 Å². The molecule has 122 heavy (non-hydrogen) atoms. The van der Waals surface area contributed by atoms with E-state index < -0.39 is 0 Å². The van der Waals surface area contributed by atoms with Crippen LogP contribution in [0.3, 0.4) is 0 Å². The number of benzene rings is 18. The molecule has 27 rings (SSSR count). The number of hydrogen-bond acceptors (Lipinski definition) is 8. The second-order valence-corrected chi connectivity index (χ2v) is 33.6. The molecule has 0 aliphatic heterocycles. The Kier molecular flexibility index (Phi) is 15.4. The number of hydrogen-bond donors (Lipinski definition) is 0. The fourth-order valence-electron chi connectivity index (χ4n) is 20.2. The fraction of sp³-hybridized carbons (Fsp3) is 0.0270. The van der Waals surface area contributed by atoms with Crippen molar-refractivity contribution in [3.05, 3.63) is 394 Å². The third-order valence-electron chi connectivity index (χ3n) is 25.7. The van der Waals surface area contributed by atoms with Crippen LogP contribution in [0.1, 0.15) is 25.0 Å². The smallest absolute Gasteiger partial charge is 0.143 e. The van der Waals surface area contributed by atoms with Crippen LogP contribution < -0.4 is 0 Å². The van der Waals surface area contributed by atoms with Crippen molar-refractivity contribution < 1.29 is 4.42 Å². The van der Waals surface area contributed by atoms with Crippen LogP contribution in [-0.2, 0) is 5.41 Å². The average molecular weight is 1580 g/mol. The van der Waals surface area contributed by atoms with Gasteiger partial charge in [0, 0.05) is 112 Å². The van der Waals surface area contributed by atoms with Crippen LogP contribution in [0.25, 0.3) is 234 Å². The van der Waals surface area contributed by atoms with E-state index in [0.717, 1.165) is 88.0 Å². The molecule has 0 bridgehead atoms. The van der Waals surface area contributed by atoms with E-state index in [1.54, 1.807) is 0 Å². The summed E-state index contributed by atoms with van der Waals surface area (Å²) in [6.45, 7) is 4.67.